The zero-order chi connectivity index (χ0) is 25.2. The fourth-order valence-electron chi connectivity index (χ4n) is 3.19. The molecule has 13 heteroatoms. The van der Waals surface area contributed by atoms with Crippen LogP contribution in [0.5, 0.6) is 17.2 Å². The number of hydrogen-bond donors (Lipinski definition) is 1. The van der Waals surface area contributed by atoms with Crippen LogP contribution < -0.4 is 14.2 Å². The van der Waals surface area contributed by atoms with Gasteiger partial charge in [-0.05, 0) is 35.9 Å². The van der Waals surface area contributed by atoms with Crippen LogP contribution in [0.2, 0.25) is 5.02 Å². The maximum atomic E-state index is 12.6. The molecule has 0 unspecified atom stereocenters. The predicted octanol–water partition coefficient (Wildman–Crippen LogP) is 3.43. The van der Waals surface area contributed by atoms with Gasteiger partial charge in [0.1, 0.15) is 24.8 Å². The molecule has 0 spiro atoms. The minimum atomic E-state index is -3.74. The second kappa shape index (κ2) is 10.1. The SMILES string of the molecule is COc1cc(/C=C2/C(=N)N3C(=NC2=O)SN=C3S(C)(=O)=O)cc(Cl)c1OCCOc1ccccc1. The lowest BCUT2D eigenvalue weighted by molar-refractivity contribution is -0.114. The summed E-state index contributed by atoms with van der Waals surface area (Å²) >= 11 is 7.14. The van der Waals surface area contributed by atoms with Gasteiger partial charge in [0.15, 0.2) is 11.5 Å². The monoisotopic (exact) mass is 534 g/mol. The lowest BCUT2D eigenvalue weighted by Crippen LogP contribution is -2.45. The molecule has 1 N–H and O–H groups in total. The molecule has 182 valence electrons. The average molecular weight is 535 g/mol. The molecule has 0 atom stereocenters. The summed E-state index contributed by atoms with van der Waals surface area (Å²) in [6.07, 6.45) is 2.35. The van der Waals surface area contributed by atoms with Crippen molar-refractivity contribution in [3.63, 3.8) is 0 Å². The van der Waals surface area contributed by atoms with Gasteiger partial charge in [0, 0.05) is 6.26 Å². The number of nitrogens with zero attached hydrogens (tertiary/aromatic N) is 3. The molecule has 0 radical (unpaired) electrons. The molecule has 0 saturated heterocycles. The molecule has 1 amide bonds. The summed E-state index contributed by atoms with van der Waals surface area (Å²) in [7, 11) is -2.30. The topological polar surface area (TPSA) is 131 Å². The molecule has 2 aromatic rings. The maximum absolute atomic E-state index is 12.6. The van der Waals surface area contributed by atoms with E-state index in [1.165, 1.54) is 19.3 Å². The Morgan fingerprint density at radius 1 is 1.17 bits per heavy atom. The number of rotatable bonds is 7. The molecule has 2 heterocycles. The second-order valence-corrected chi connectivity index (χ2v) is 10.3. The van der Waals surface area contributed by atoms with E-state index < -0.39 is 15.7 Å². The third-order valence-corrected chi connectivity index (χ3v) is 6.77. The van der Waals surface area contributed by atoms with Gasteiger partial charge in [-0.25, -0.2) is 13.3 Å². The van der Waals surface area contributed by atoms with E-state index in [0.717, 1.165) is 23.1 Å². The minimum Gasteiger partial charge on any atom is -0.493 e. The van der Waals surface area contributed by atoms with Crippen molar-refractivity contribution in [2.75, 3.05) is 26.6 Å². The molecular weight excluding hydrogens is 516 g/mol. The number of hydrogen-bond acceptors (Lipinski definition) is 9. The van der Waals surface area contributed by atoms with Crippen molar-refractivity contribution in [2.24, 2.45) is 9.39 Å². The van der Waals surface area contributed by atoms with Gasteiger partial charge in [0.2, 0.25) is 20.2 Å². The van der Waals surface area contributed by atoms with Crippen molar-refractivity contribution in [2.45, 2.75) is 0 Å². The van der Waals surface area contributed by atoms with Crippen molar-refractivity contribution in [3.8, 4) is 17.2 Å². The highest BCUT2D eigenvalue weighted by molar-refractivity contribution is 8.16. The minimum absolute atomic E-state index is 0.00894. The summed E-state index contributed by atoms with van der Waals surface area (Å²) in [4.78, 5) is 17.5. The summed E-state index contributed by atoms with van der Waals surface area (Å²) in [6.45, 7) is 0.478. The predicted molar refractivity (Wildman–Crippen MR) is 135 cm³/mol. The number of methoxy groups -OCH3 is 1. The lowest BCUT2D eigenvalue weighted by Gasteiger charge is -2.24. The Kier molecular flexibility index (Phi) is 7.15. The number of amides is 1. The number of carbonyl (C=O) groups is 1. The van der Waals surface area contributed by atoms with Crippen LogP contribution in [-0.2, 0) is 14.6 Å². The van der Waals surface area contributed by atoms with Crippen LogP contribution in [0.1, 0.15) is 5.56 Å². The molecule has 10 nitrogen and oxygen atoms in total. The van der Waals surface area contributed by atoms with Gasteiger partial charge >= 0.3 is 0 Å². The summed E-state index contributed by atoms with van der Waals surface area (Å²) in [6, 6.07) is 12.4. The van der Waals surface area contributed by atoms with Gasteiger partial charge in [-0.1, -0.05) is 29.8 Å². The standard InChI is InChI=1S/C22H19ClN4O6S2/c1-31-17-12-13(11-16(23)18(17)33-9-8-32-14-6-4-3-5-7-14)10-15-19(24)27-21(25-20(15)28)34-26-22(27)35(2,29)30/h3-7,10-12,24H,8-9H2,1-2H3/b15-10-,24-19?. The third kappa shape index (κ3) is 5.34. The second-order valence-electron chi connectivity index (χ2n) is 7.22. The highest BCUT2D eigenvalue weighted by Gasteiger charge is 2.41. The van der Waals surface area contributed by atoms with Gasteiger partial charge in [-0.15, -0.1) is 0 Å². The van der Waals surface area contributed by atoms with Crippen molar-refractivity contribution < 1.29 is 27.4 Å². The van der Waals surface area contributed by atoms with Gasteiger partial charge < -0.3 is 14.2 Å². The third-order valence-electron chi connectivity index (χ3n) is 4.73. The van der Waals surface area contributed by atoms with Crippen LogP contribution in [0.25, 0.3) is 6.08 Å². The Balaban J connectivity index is 1.55. The molecule has 2 aliphatic rings. The Hall–Kier alpha value is -3.35. The van der Waals surface area contributed by atoms with E-state index in [4.69, 9.17) is 31.2 Å². The van der Waals surface area contributed by atoms with E-state index in [0.29, 0.717) is 22.8 Å². The molecule has 0 aliphatic carbocycles. The zero-order valence-corrected chi connectivity index (χ0v) is 20.9. The van der Waals surface area contributed by atoms with E-state index >= 15 is 0 Å². The number of ether oxygens (including phenoxy) is 3. The van der Waals surface area contributed by atoms with Crippen LogP contribution in [0.4, 0.5) is 0 Å². The Labute approximate surface area is 210 Å². The van der Waals surface area contributed by atoms with E-state index in [2.05, 4.69) is 9.39 Å². The number of carbonyl (C=O) groups excluding carboxylic acids is 1. The van der Waals surface area contributed by atoms with Crippen molar-refractivity contribution in [1.29, 1.82) is 5.41 Å². The first-order chi connectivity index (χ1) is 16.7. The molecule has 0 saturated carbocycles. The molecule has 2 aliphatic heterocycles. The average Bonchev–Trinajstić information content (AvgIpc) is 3.25. The first-order valence-corrected chi connectivity index (χ1v) is 13.1. The van der Waals surface area contributed by atoms with Crippen LogP contribution in [0.3, 0.4) is 0 Å². The van der Waals surface area contributed by atoms with Gasteiger partial charge in [-0.2, -0.15) is 9.39 Å². The zero-order valence-electron chi connectivity index (χ0n) is 18.5. The van der Waals surface area contributed by atoms with Crippen molar-refractivity contribution >= 4 is 61.5 Å². The first kappa shape index (κ1) is 24.8. The summed E-state index contributed by atoms with van der Waals surface area (Å²) in [5, 5.41) is 8.30. The molecule has 0 bridgehead atoms. The van der Waals surface area contributed by atoms with E-state index in [-0.39, 0.29) is 40.0 Å². The van der Waals surface area contributed by atoms with Crippen LogP contribution in [0, 0.1) is 5.41 Å². The Morgan fingerprint density at radius 2 is 1.89 bits per heavy atom. The first-order valence-electron chi connectivity index (χ1n) is 10.1. The van der Waals surface area contributed by atoms with E-state index in [1.54, 1.807) is 6.07 Å². The lowest BCUT2D eigenvalue weighted by atomic mass is 10.1. The largest absolute Gasteiger partial charge is 0.493 e. The van der Waals surface area contributed by atoms with Crippen molar-refractivity contribution in [1.82, 2.24) is 4.90 Å². The fourth-order valence-corrected chi connectivity index (χ4v) is 5.31. The van der Waals surface area contributed by atoms with Crippen molar-refractivity contribution in [3.05, 3.63) is 58.6 Å². The number of para-hydroxylation sites is 1. The van der Waals surface area contributed by atoms with Crippen LogP contribution in [-0.4, -0.2) is 62.0 Å². The van der Waals surface area contributed by atoms with E-state index in [9.17, 15) is 13.2 Å². The summed E-state index contributed by atoms with van der Waals surface area (Å²) in [5.74, 6) is 0.246. The fraction of sp³-hybridized carbons (Fsp3) is 0.182. The summed E-state index contributed by atoms with van der Waals surface area (Å²) in [5.41, 5.74) is 0.298. The van der Waals surface area contributed by atoms with Crippen LogP contribution >= 0.6 is 23.5 Å². The van der Waals surface area contributed by atoms with Gasteiger partial charge in [-0.3, -0.25) is 10.2 Å². The highest BCUT2D eigenvalue weighted by Crippen LogP contribution is 2.38. The maximum Gasteiger partial charge on any atom is 0.283 e. The molecule has 0 aromatic heterocycles. The number of sulfone groups is 1. The van der Waals surface area contributed by atoms with Crippen LogP contribution in [0.15, 0.2) is 57.4 Å². The number of amidine groups is 3. The molecular formula is C22H19ClN4O6S2. The highest BCUT2D eigenvalue weighted by atomic mass is 35.5. The molecule has 35 heavy (non-hydrogen) atoms. The number of fused-ring (bicyclic) bond motifs is 1. The molecule has 4 rings (SSSR count). The van der Waals surface area contributed by atoms with Gasteiger partial charge in [0.05, 0.1) is 29.7 Å². The quantitative estimate of drug-likeness (QED) is 0.325. The smallest absolute Gasteiger partial charge is 0.283 e. The van der Waals surface area contributed by atoms with Gasteiger partial charge in [0.25, 0.3) is 5.91 Å². The number of halogens is 1. The van der Waals surface area contributed by atoms with E-state index in [1.807, 2.05) is 30.3 Å². The molecule has 0 fully saturated rings. The number of nitrogens with one attached hydrogen (secondary N) is 1. The summed E-state index contributed by atoms with van der Waals surface area (Å²) < 4.78 is 44.7. The Bertz CT molecular complexity index is 1390. The normalized spacial score (nSPS) is 16.7. The number of benzene rings is 2. The molecule has 2 aromatic carbocycles. The number of aliphatic imine (C=N–C) groups is 1. The Morgan fingerprint density at radius 3 is 2.57 bits per heavy atom.